The van der Waals surface area contributed by atoms with Crippen LogP contribution in [0.25, 0.3) is 0 Å². The van der Waals surface area contributed by atoms with Crippen LogP contribution < -0.4 is 5.32 Å². The van der Waals surface area contributed by atoms with Crippen molar-refractivity contribution in [2.24, 2.45) is 0 Å². The van der Waals surface area contributed by atoms with Gasteiger partial charge in [-0.15, -0.1) is 11.3 Å². The minimum Gasteiger partial charge on any atom is -0.464 e. The monoisotopic (exact) mass is 255 g/mol. The van der Waals surface area contributed by atoms with Gasteiger partial charge in [0.15, 0.2) is 0 Å². The van der Waals surface area contributed by atoms with Crippen molar-refractivity contribution in [1.82, 2.24) is 5.32 Å². The fourth-order valence-corrected chi connectivity index (χ4v) is 2.94. The highest BCUT2D eigenvalue weighted by Crippen LogP contribution is 2.33. The highest BCUT2D eigenvalue weighted by Gasteiger charge is 2.19. The summed E-state index contributed by atoms with van der Waals surface area (Å²) in [4.78, 5) is 1.10. The zero-order chi connectivity index (χ0) is 11.5. The number of hydrogen-bond acceptors (Lipinski definition) is 3. The van der Waals surface area contributed by atoms with Gasteiger partial charge < -0.3 is 9.73 Å². The summed E-state index contributed by atoms with van der Waals surface area (Å²) >= 11 is 7.77. The number of furan rings is 1. The van der Waals surface area contributed by atoms with E-state index >= 15 is 0 Å². The van der Waals surface area contributed by atoms with Crippen LogP contribution in [0, 0.1) is 0 Å². The van der Waals surface area contributed by atoms with Gasteiger partial charge in [0.05, 0.1) is 5.02 Å². The lowest BCUT2D eigenvalue weighted by Gasteiger charge is -2.12. The molecule has 0 spiro atoms. The predicted octanol–water partition coefficient (Wildman–Crippen LogP) is 3.87. The van der Waals surface area contributed by atoms with Gasteiger partial charge in [-0.25, -0.2) is 0 Å². The number of aryl methyl sites for hydroxylation is 1. The molecule has 2 nitrogen and oxygen atoms in total. The summed E-state index contributed by atoms with van der Waals surface area (Å²) in [6.45, 7) is 2.08. The lowest BCUT2D eigenvalue weighted by atomic mass is 10.2. The van der Waals surface area contributed by atoms with Crippen molar-refractivity contribution in [2.75, 3.05) is 7.05 Å². The molecule has 0 amide bonds. The third-order valence-electron chi connectivity index (χ3n) is 2.51. The average molecular weight is 256 g/mol. The molecular weight excluding hydrogens is 242 g/mol. The van der Waals surface area contributed by atoms with Gasteiger partial charge in [0.25, 0.3) is 0 Å². The highest BCUT2D eigenvalue weighted by molar-refractivity contribution is 7.10. The molecule has 1 unspecified atom stereocenters. The van der Waals surface area contributed by atoms with Crippen LogP contribution in [0.4, 0.5) is 0 Å². The van der Waals surface area contributed by atoms with E-state index in [0.29, 0.717) is 0 Å². The second kappa shape index (κ2) is 5.04. The van der Waals surface area contributed by atoms with Crippen molar-refractivity contribution < 1.29 is 4.42 Å². The zero-order valence-electron chi connectivity index (χ0n) is 9.29. The Labute approximate surface area is 104 Å². The maximum absolute atomic E-state index is 6.13. The number of hydrogen-bond donors (Lipinski definition) is 1. The molecule has 16 heavy (non-hydrogen) atoms. The molecule has 2 rings (SSSR count). The molecule has 4 heteroatoms. The number of halogens is 1. The minimum atomic E-state index is 0.0489. The number of nitrogens with one attached hydrogen (secondary N) is 1. The van der Waals surface area contributed by atoms with Crippen LogP contribution in [0.15, 0.2) is 28.0 Å². The van der Waals surface area contributed by atoms with Crippen molar-refractivity contribution in [3.8, 4) is 0 Å². The second-order valence-electron chi connectivity index (χ2n) is 3.51. The van der Waals surface area contributed by atoms with Crippen LogP contribution in [-0.4, -0.2) is 7.05 Å². The van der Waals surface area contributed by atoms with Crippen LogP contribution in [0.5, 0.6) is 0 Å². The third-order valence-corrected chi connectivity index (χ3v) is 3.93. The van der Waals surface area contributed by atoms with E-state index in [9.17, 15) is 0 Å². The van der Waals surface area contributed by atoms with E-state index in [0.717, 1.165) is 27.8 Å². The molecule has 0 aliphatic carbocycles. The Kier molecular flexibility index (Phi) is 3.69. The van der Waals surface area contributed by atoms with E-state index in [1.54, 1.807) is 11.3 Å². The van der Waals surface area contributed by atoms with E-state index in [1.165, 1.54) is 0 Å². The van der Waals surface area contributed by atoms with Gasteiger partial charge in [0, 0.05) is 11.3 Å². The van der Waals surface area contributed by atoms with Crippen LogP contribution in [-0.2, 0) is 6.42 Å². The van der Waals surface area contributed by atoms with Crippen molar-refractivity contribution in [1.29, 1.82) is 0 Å². The van der Waals surface area contributed by atoms with Gasteiger partial charge in [-0.05, 0) is 30.6 Å². The topological polar surface area (TPSA) is 25.2 Å². The SMILES string of the molecule is CCc1ccc(C(NC)c2sccc2Cl)o1. The molecule has 2 aromatic rings. The largest absolute Gasteiger partial charge is 0.464 e. The molecule has 0 aliphatic heterocycles. The lowest BCUT2D eigenvalue weighted by Crippen LogP contribution is -2.16. The Bertz CT molecular complexity index is 463. The summed E-state index contributed by atoms with van der Waals surface area (Å²) in [5, 5.41) is 6.01. The van der Waals surface area contributed by atoms with E-state index in [-0.39, 0.29) is 6.04 Å². The predicted molar refractivity (Wildman–Crippen MR) is 68.3 cm³/mol. The van der Waals surface area contributed by atoms with E-state index in [1.807, 2.05) is 30.6 Å². The first-order valence-electron chi connectivity index (χ1n) is 5.25. The lowest BCUT2D eigenvalue weighted by molar-refractivity contribution is 0.436. The van der Waals surface area contributed by atoms with Crippen LogP contribution >= 0.6 is 22.9 Å². The highest BCUT2D eigenvalue weighted by atomic mass is 35.5. The first-order chi connectivity index (χ1) is 7.76. The Hall–Kier alpha value is -0.770. The second-order valence-corrected chi connectivity index (χ2v) is 4.87. The fraction of sp³-hybridized carbons (Fsp3) is 0.333. The summed E-state index contributed by atoms with van der Waals surface area (Å²) in [6, 6.07) is 5.99. The van der Waals surface area contributed by atoms with Crippen molar-refractivity contribution in [2.45, 2.75) is 19.4 Å². The summed E-state index contributed by atoms with van der Waals surface area (Å²) in [6.07, 6.45) is 0.911. The van der Waals surface area contributed by atoms with Gasteiger partial charge in [0.2, 0.25) is 0 Å². The molecule has 0 radical (unpaired) electrons. The van der Waals surface area contributed by atoms with E-state index in [4.69, 9.17) is 16.0 Å². The number of thiophene rings is 1. The maximum Gasteiger partial charge on any atom is 0.126 e. The summed E-state index contributed by atoms with van der Waals surface area (Å²) in [5.41, 5.74) is 0. The first-order valence-corrected chi connectivity index (χ1v) is 6.50. The van der Waals surface area contributed by atoms with Crippen LogP contribution in [0.3, 0.4) is 0 Å². The quantitative estimate of drug-likeness (QED) is 0.897. The van der Waals surface area contributed by atoms with Crippen molar-refractivity contribution in [3.63, 3.8) is 0 Å². The van der Waals surface area contributed by atoms with E-state index < -0.39 is 0 Å². The average Bonchev–Trinajstić information content (AvgIpc) is 2.90. The summed E-state index contributed by atoms with van der Waals surface area (Å²) in [5.74, 6) is 1.92. The molecular formula is C12H14ClNOS. The zero-order valence-corrected chi connectivity index (χ0v) is 10.9. The molecule has 2 aromatic heterocycles. The molecule has 0 saturated carbocycles. The van der Waals surface area contributed by atoms with Crippen LogP contribution in [0.2, 0.25) is 5.02 Å². The Morgan fingerprint density at radius 2 is 2.25 bits per heavy atom. The molecule has 0 saturated heterocycles. The Balaban J connectivity index is 2.32. The minimum absolute atomic E-state index is 0.0489. The smallest absolute Gasteiger partial charge is 0.126 e. The molecule has 86 valence electrons. The van der Waals surface area contributed by atoms with Gasteiger partial charge in [-0.3, -0.25) is 0 Å². The molecule has 1 N–H and O–H groups in total. The van der Waals surface area contributed by atoms with Gasteiger partial charge in [-0.1, -0.05) is 18.5 Å². The fourth-order valence-electron chi connectivity index (χ4n) is 1.65. The maximum atomic E-state index is 6.13. The molecule has 0 aliphatic rings. The molecule has 2 heterocycles. The van der Waals surface area contributed by atoms with Gasteiger partial charge in [-0.2, -0.15) is 0 Å². The normalized spacial score (nSPS) is 12.9. The third kappa shape index (κ3) is 2.17. The summed E-state index contributed by atoms with van der Waals surface area (Å²) < 4.78 is 5.75. The van der Waals surface area contributed by atoms with Crippen molar-refractivity contribution >= 4 is 22.9 Å². The van der Waals surface area contributed by atoms with E-state index in [2.05, 4.69) is 12.2 Å². The molecule has 0 fully saturated rings. The van der Waals surface area contributed by atoms with Gasteiger partial charge >= 0.3 is 0 Å². The Morgan fingerprint density at radius 3 is 2.75 bits per heavy atom. The number of rotatable bonds is 4. The Morgan fingerprint density at radius 1 is 1.44 bits per heavy atom. The first kappa shape index (κ1) is 11.7. The van der Waals surface area contributed by atoms with Crippen molar-refractivity contribution in [3.05, 3.63) is 45.0 Å². The van der Waals surface area contributed by atoms with Gasteiger partial charge in [0.1, 0.15) is 17.6 Å². The summed E-state index contributed by atoms with van der Waals surface area (Å²) in [7, 11) is 1.91. The van der Waals surface area contributed by atoms with Crippen LogP contribution in [0.1, 0.15) is 29.4 Å². The molecule has 1 atom stereocenters. The standard InChI is InChI=1S/C12H14ClNOS/c1-3-8-4-5-10(15-8)11(14-2)12-9(13)6-7-16-12/h4-7,11,14H,3H2,1-2H3. The molecule has 0 aromatic carbocycles. The molecule has 0 bridgehead atoms.